The fourth-order valence-corrected chi connectivity index (χ4v) is 3.42. The van der Waals surface area contributed by atoms with Crippen molar-refractivity contribution < 1.29 is 4.52 Å². The Balaban J connectivity index is 1.60. The Morgan fingerprint density at radius 3 is 3.25 bits per heavy atom. The summed E-state index contributed by atoms with van der Waals surface area (Å²) in [4.78, 5) is 6.89. The molecule has 0 aliphatic carbocycles. The van der Waals surface area contributed by atoms with E-state index in [4.69, 9.17) is 10.3 Å². The second-order valence-electron chi connectivity index (χ2n) is 5.35. The average molecular weight is 292 g/mol. The van der Waals surface area contributed by atoms with E-state index in [1.807, 2.05) is 16.8 Å². The lowest BCUT2D eigenvalue weighted by Gasteiger charge is -2.31. The zero-order valence-corrected chi connectivity index (χ0v) is 12.3. The first-order valence-corrected chi connectivity index (χ1v) is 8.07. The maximum absolute atomic E-state index is 5.66. The largest absolute Gasteiger partial charge is 0.334 e. The molecular weight excluding hydrogens is 272 g/mol. The van der Waals surface area contributed by atoms with Crippen LogP contribution in [0.25, 0.3) is 11.5 Å². The van der Waals surface area contributed by atoms with E-state index in [1.165, 1.54) is 12.8 Å². The first kappa shape index (κ1) is 13.7. The molecule has 6 heteroatoms. The molecule has 2 aromatic heterocycles. The van der Waals surface area contributed by atoms with Crippen LogP contribution in [0.5, 0.6) is 0 Å². The van der Waals surface area contributed by atoms with Crippen molar-refractivity contribution in [1.29, 1.82) is 0 Å². The van der Waals surface area contributed by atoms with Gasteiger partial charge >= 0.3 is 0 Å². The van der Waals surface area contributed by atoms with Crippen molar-refractivity contribution in [1.82, 2.24) is 15.0 Å². The Bertz CT molecular complexity index is 523. The SMILES string of the molecule is NCCC1CCCN(Cc2noc(-c3ccsc3)n2)C1. The van der Waals surface area contributed by atoms with Crippen LogP contribution in [0.2, 0.25) is 0 Å². The van der Waals surface area contributed by atoms with Crippen molar-refractivity contribution >= 4 is 11.3 Å². The molecule has 0 saturated carbocycles. The molecule has 1 unspecified atom stereocenters. The van der Waals surface area contributed by atoms with Gasteiger partial charge in [-0.3, -0.25) is 4.90 Å². The minimum atomic E-state index is 0.622. The van der Waals surface area contributed by atoms with Crippen LogP contribution < -0.4 is 5.73 Å². The number of nitrogens with two attached hydrogens (primary N) is 1. The first-order chi connectivity index (χ1) is 9.85. The minimum absolute atomic E-state index is 0.622. The third-order valence-electron chi connectivity index (χ3n) is 3.78. The van der Waals surface area contributed by atoms with E-state index in [9.17, 15) is 0 Å². The quantitative estimate of drug-likeness (QED) is 0.916. The van der Waals surface area contributed by atoms with Crippen molar-refractivity contribution in [2.75, 3.05) is 19.6 Å². The number of hydrogen-bond donors (Lipinski definition) is 1. The van der Waals surface area contributed by atoms with Gasteiger partial charge in [0.15, 0.2) is 5.82 Å². The standard InChI is InChI=1S/C14H20N4OS/c15-5-3-11-2-1-6-18(8-11)9-13-16-14(19-17-13)12-4-7-20-10-12/h4,7,10-11H,1-3,5-6,8-9,15H2. The first-order valence-electron chi connectivity index (χ1n) is 7.12. The molecular formula is C14H20N4OS. The van der Waals surface area contributed by atoms with E-state index < -0.39 is 0 Å². The number of piperidine rings is 1. The van der Waals surface area contributed by atoms with Gasteiger partial charge in [0, 0.05) is 11.9 Å². The summed E-state index contributed by atoms with van der Waals surface area (Å²) in [6.07, 6.45) is 3.64. The van der Waals surface area contributed by atoms with Gasteiger partial charge in [0.1, 0.15) is 0 Å². The Morgan fingerprint density at radius 1 is 1.50 bits per heavy atom. The Kier molecular flexibility index (Phi) is 4.44. The van der Waals surface area contributed by atoms with E-state index in [0.29, 0.717) is 5.89 Å². The lowest BCUT2D eigenvalue weighted by molar-refractivity contribution is 0.158. The van der Waals surface area contributed by atoms with Crippen molar-refractivity contribution in [3.8, 4) is 11.5 Å². The van der Waals surface area contributed by atoms with E-state index >= 15 is 0 Å². The van der Waals surface area contributed by atoms with E-state index in [2.05, 4.69) is 15.0 Å². The summed E-state index contributed by atoms with van der Waals surface area (Å²) in [6.45, 7) is 3.76. The van der Waals surface area contributed by atoms with Gasteiger partial charge in [-0.25, -0.2) is 0 Å². The summed E-state index contributed by atoms with van der Waals surface area (Å²) in [7, 11) is 0. The molecule has 5 nitrogen and oxygen atoms in total. The van der Waals surface area contributed by atoms with Gasteiger partial charge in [0.25, 0.3) is 5.89 Å². The average Bonchev–Trinajstić information content (AvgIpc) is 3.10. The molecule has 3 rings (SSSR count). The molecule has 2 aromatic rings. The molecule has 1 aliphatic rings. The van der Waals surface area contributed by atoms with E-state index in [-0.39, 0.29) is 0 Å². The van der Waals surface area contributed by atoms with Crippen LogP contribution in [0.3, 0.4) is 0 Å². The third kappa shape index (κ3) is 3.26. The molecule has 20 heavy (non-hydrogen) atoms. The maximum atomic E-state index is 5.66. The van der Waals surface area contributed by atoms with Crippen LogP contribution in [-0.4, -0.2) is 34.7 Å². The van der Waals surface area contributed by atoms with Crippen LogP contribution in [0.15, 0.2) is 21.3 Å². The Morgan fingerprint density at radius 2 is 2.45 bits per heavy atom. The normalized spacial score (nSPS) is 20.4. The van der Waals surface area contributed by atoms with Crippen molar-refractivity contribution in [3.63, 3.8) is 0 Å². The third-order valence-corrected chi connectivity index (χ3v) is 4.46. The molecule has 1 atom stereocenters. The van der Waals surface area contributed by atoms with Gasteiger partial charge < -0.3 is 10.3 Å². The molecule has 2 N–H and O–H groups in total. The highest BCUT2D eigenvalue weighted by Crippen LogP contribution is 2.22. The smallest absolute Gasteiger partial charge is 0.258 e. The number of aromatic nitrogens is 2. The van der Waals surface area contributed by atoms with Crippen molar-refractivity contribution in [2.24, 2.45) is 11.7 Å². The predicted octanol–water partition coefficient (Wildman–Crippen LogP) is 2.36. The fourth-order valence-electron chi connectivity index (χ4n) is 2.79. The lowest BCUT2D eigenvalue weighted by atomic mass is 9.95. The van der Waals surface area contributed by atoms with Gasteiger partial charge in [0.2, 0.25) is 0 Å². The topological polar surface area (TPSA) is 68.2 Å². The molecule has 0 bridgehead atoms. The van der Waals surface area contributed by atoms with E-state index in [0.717, 1.165) is 49.9 Å². The van der Waals surface area contributed by atoms with Crippen LogP contribution in [0.1, 0.15) is 25.1 Å². The molecule has 0 amide bonds. The van der Waals surface area contributed by atoms with Crippen molar-refractivity contribution in [2.45, 2.75) is 25.8 Å². The summed E-state index contributed by atoms with van der Waals surface area (Å²) < 4.78 is 5.32. The number of thiophene rings is 1. The van der Waals surface area contributed by atoms with E-state index in [1.54, 1.807) is 11.3 Å². The molecule has 0 radical (unpaired) electrons. The molecule has 108 valence electrons. The van der Waals surface area contributed by atoms with Crippen LogP contribution in [-0.2, 0) is 6.54 Å². The lowest BCUT2D eigenvalue weighted by Crippen LogP contribution is -2.35. The molecule has 1 saturated heterocycles. The number of hydrogen-bond acceptors (Lipinski definition) is 6. The Hall–Kier alpha value is -1.24. The van der Waals surface area contributed by atoms with Gasteiger partial charge in [-0.15, -0.1) is 0 Å². The summed E-state index contributed by atoms with van der Waals surface area (Å²) in [5.74, 6) is 2.12. The highest BCUT2D eigenvalue weighted by atomic mass is 32.1. The number of rotatable bonds is 5. The highest BCUT2D eigenvalue weighted by Gasteiger charge is 2.21. The molecule has 1 aliphatic heterocycles. The second-order valence-corrected chi connectivity index (χ2v) is 6.13. The summed E-state index contributed by atoms with van der Waals surface area (Å²) in [6, 6.07) is 2.00. The monoisotopic (exact) mass is 292 g/mol. The maximum Gasteiger partial charge on any atom is 0.258 e. The zero-order chi connectivity index (χ0) is 13.8. The number of likely N-dealkylation sites (tertiary alicyclic amines) is 1. The van der Waals surface area contributed by atoms with Gasteiger partial charge in [0.05, 0.1) is 12.1 Å². The van der Waals surface area contributed by atoms with Crippen LogP contribution in [0, 0.1) is 5.92 Å². The predicted molar refractivity (Wildman–Crippen MR) is 79.3 cm³/mol. The number of nitrogens with zero attached hydrogens (tertiary/aromatic N) is 3. The van der Waals surface area contributed by atoms with Crippen LogP contribution in [0.4, 0.5) is 0 Å². The summed E-state index contributed by atoms with van der Waals surface area (Å²) in [5, 5.41) is 8.13. The fraction of sp³-hybridized carbons (Fsp3) is 0.571. The molecule has 0 aromatic carbocycles. The zero-order valence-electron chi connectivity index (χ0n) is 11.5. The highest BCUT2D eigenvalue weighted by molar-refractivity contribution is 7.08. The van der Waals surface area contributed by atoms with Crippen LogP contribution >= 0.6 is 11.3 Å². The molecule has 1 fully saturated rings. The van der Waals surface area contributed by atoms with Gasteiger partial charge in [-0.2, -0.15) is 16.3 Å². The van der Waals surface area contributed by atoms with Gasteiger partial charge in [-0.05, 0) is 49.7 Å². The summed E-state index contributed by atoms with van der Waals surface area (Å²) in [5.41, 5.74) is 6.67. The van der Waals surface area contributed by atoms with Crippen molar-refractivity contribution in [3.05, 3.63) is 22.7 Å². The Labute approximate surface area is 122 Å². The van der Waals surface area contributed by atoms with Gasteiger partial charge in [-0.1, -0.05) is 5.16 Å². The minimum Gasteiger partial charge on any atom is -0.334 e. The molecule has 0 spiro atoms. The molecule has 3 heterocycles. The second kappa shape index (κ2) is 6.47. The summed E-state index contributed by atoms with van der Waals surface area (Å²) >= 11 is 1.64.